The van der Waals surface area contributed by atoms with Crippen LogP contribution in [-0.2, 0) is 11.2 Å². The molecule has 1 aliphatic heterocycles. The van der Waals surface area contributed by atoms with Gasteiger partial charge in [0.25, 0.3) is 0 Å². The highest BCUT2D eigenvalue weighted by Crippen LogP contribution is 2.21. The highest BCUT2D eigenvalue weighted by atomic mass is 16.2. The molecule has 3 nitrogen and oxygen atoms in total. The predicted octanol–water partition coefficient (Wildman–Crippen LogP) is 2.31. The first-order chi connectivity index (χ1) is 8.66. The van der Waals surface area contributed by atoms with E-state index in [9.17, 15) is 4.79 Å². The molecule has 0 aliphatic carbocycles. The predicted molar refractivity (Wildman–Crippen MR) is 74.9 cm³/mol. The van der Waals surface area contributed by atoms with Crippen molar-refractivity contribution >= 4 is 11.6 Å². The molecule has 0 spiro atoms. The average Bonchev–Trinajstić information content (AvgIpc) is 2.90. The van der Waals surface area contributed by atoms with Crippen molar-refractivity contribution in [1.82, 2.24) is 4.90 Å². The van der Waals surface area contributed by atoms with Crippen LogP contribution in [0, 0.1) is 0 Å². The maximum atomic E-state index is 11.6. The molecule has 1 saturated heterocycles. The lowest BCUT2D eigenvalue weighted by atomic mass is 10.1. The van der Waals surface area contributed by atoms with Crippen LogP contribution in [0.25, 0.3) is 0 Å². The van der Waals surface area contributed by atoms with Gasteiger partial charge in [-0.2, -0.15) is 0 Å². The number of rotatable bonds is 4. The molecule has 0 saturated carbocycles. The molecule has 0 radical (unpaired) electrons. The van der Waals surface area contributed by atoms with E-state index < -0.39 is 0 Å². The van der Waals surface area contributed by atoms with E-state index in [1.54, 1.807) is 4.90 Å². The van der Waals surface area contributed by atoms with Crippen LogP contribution >= 0.6 is 0 Å². The van der Waals surface area contributed by atoms with Gasteiger partial charge in [0.05, 0.1) is 0 Å². The molecule has 1 amide bonds. The van der Waals surface area contributed by atoms with Crippen molar-refractivity contribution in [3.63, 3.8) is 0 Å². The summed E-state index contributed by atoms with van der Waals surface area (Å²) in [6, 6.07) is 8.61. The zero-order valence-corrected chi connectivity index (χ0v) is 11.4. The molecule has 1 aromatic carbocycles. The van der Waals surface area contributed by atoms with Crippen LogP contribution in [-0.4, -0.2) is 38.0 Å². The van der Waals surface area contributed by atoms with E-state index >= 15 is 0 Å². The van der Waals surface area contributed by atoms with E-state index in [0.29, 0.717) is 6.42 Å². The molecule has 0 atom stereocenters. The topological polar surface area (TPSA) is 23.6 Å². The van der Waals surface area contributed by atoms with Gasteiger partial charge in [-0.3, -0.25) is 4.79 Å². The van der Waals surface area contributed by atoms with Crippen LogP contribution in [0.4, 0.5) is 5.69 Å². The first-order valence-corrected chi connectivity index (χ1v) is 6.71. The molecule has 1 fully saturated rings. The van der Waals surface area contributed by atoms with E-state index in [4.69, 9.17) is 0 Å². The van der Waals surface area contributed by atoms with Gasteiger partial charge in [-0.25, -0.2) is 0 Å². The molecule has 18 heavy (non-hydrogen) atoms. The normalized spacial score (nSPS) is 14.9. The van der Waals surface area contributed by atoms with Gasteiger partial charge in [-0.15, -0.1) is 0 Å². The fourth-order valence-electron chi connectivity index (χ4n) is 2.36. The van der Waals surface area contributed by atoms with Gasteiger partial charge in [0, 0.05) is 39.3 Å². The Kier molecular flexibility index (Phi) is 4.24. The minimum Gasteiger partial charge on any atom is -0.372 e. The van der Waals surface area contributed by atoms with Crippen LogP contribution in [0.3, 0.4) is 0 Å². The van der Waals surface area contributed by atoms with Gasteiger partial charge in [0.15, 0.2) is 0 Å². The second-order valence-corrected chi connectivity index (χ2v) is 5.15. The number of anilines is 1. The molecule has 1 aromatic rings. The van der Waals surface area contributed by atoms with E-state index in [2.05, 4.69) is 29.2 Å². The molecule has 0 bridgehead atoms. The lowest BCUT2D eigenvalue weighted by Crippen LogP contribution is -2.22. The molecule has 0 aromatic heterocycles. The first-order valence-electron chi connectivity index (χ1n) is 6.71. The quantitative estimate of drug-likeness (QED) is 0.814. The van der Waals surface area contributed by atoms with Crippen molar-refractivity contribution in [2.75, 3.05) is 32.1 Å². The minimum absolute atomic E-state index is 0.196. The number of carbonyl (C=O) groups excluding carboxylic acids is 1. The molecular weight excluding hydrogens is 224 g/mol. The number of hydrogen-bond donors (Lipinski definition) is 0. The fraction of sp³-hybridized carbons (Fsp3) is 0.533. The lowest BCUT2D eigenvalue weighted by molar-refractivity contribution is -0.128. The minimum atomic E-state index is 0.196. The van der Waals surface area contributed by atoms with Crippen molar-refractivity contribution in [3.8, 4) is 0 Å². The van der Waals surface area contributed by atoms with E-state index in [-0.39, 0.29) is 5.91 Å². The summed E-state index contributed by atoms with van der Waals surface area (Å²) in [5.41, 5.74) is 2.57. The van der Waals surface area contributed by atoms with E-state index in [1.807, 2.05) is 14.1 Å². The summed E-state index contributed by atoms with van der Waals surface area (Å²) in [6.07, 6.45) is 4.02. The average molecular weight is 246 g/mol. The Hall–Kier alpha value is -1.51. The third-order valence-corrected chi connectivity index (χ3v) is 3.51. The van der Waals surface area contributed by atoms with Crippen LogP contribution in [0.5, 0.6) is 0 Å². The number of nitrogens with zero attached hydrogens (tertiary/aromatic N) is 2. The van der Waals surface area contributed by atoms with Gasteiger partial charge in [-0.1, -0.05) is 12.1 Å². The van der Waals surface area contributed by atoms with Crippen molar-refractivity contribution in [2.45, 2.75) is 25.7 Å². The molecule has 1 heterocycles. The van der Waals surface area contributed by atoms with Crippen LogP contribution in [0.1, 0.15) is 24.8 Å². The number of carbonyl (C=O) groups is 1. The summed E-state index contributed by atoms with van der Waals surface area (Å²) in [4.78, 5) is 15.7. The smallest absolute Gasteiger partial charge is 0.222 e. The second-order valence-electron chi connectivity index (χ2n) is 5.15. The zero-order valence-electron chi connectivity index (χ0n) is 11.4. The molecule has 0 N–H and O–H groups in total. The molecule has 0 unspecified atom stereocenters. The highest BCUT2D eigenvalue weighted by molar-refractivity contribution is 5.75. The summed E-state index contributed by atoms with van der Waals surface area (Å²) in [7, 11) is 3.62. The Bertz CT molecular complexity index is 409. The molecule has 2 rings (SSSR count). The van der Waals surface area contributed by atoms with Gasteiger partial charge >= 0.3 is 0 Å². The van der Waals surface area contributed by atoms with Crippen LogP contribution in [0.15, 0.2) is 24.3 Å². The Morgan fingerprint density at radius 1 is 1.28 bits per heavy atom. The molecule has 3 heteroatoms. The Balaban J connectivity index is 1.96. The lowest BCUT2D eigenvalue weighted by Gasteiger charge is -2.18. The third-order valence-electron chi connectivity index (χ3n) is 3.51. The van der Waals surface area contributed by atoms with Crippen molar-refractivity contribution in [3.05, 3.63) is 29.8 Å². The zero-order chi connectivity index (χ0) is 13.0. The summed E-state index contributed by atoms with van der Waals surface area (Å²) in [5, 5.41) is 0. The largest absolute Gasteiger partial charge is 0.372 e. The second kappa shape index (κ2) is 5.89. The summed E-state index contributed by atoms with van der Waals surface area (Å²) in [6.45, 7) is 2.33. The highest BCUT2D eigenvalue weighted by Gasteiger charge is 2.12. The molecule has 98 valence electrons. The van der Waals surface area contributed by atoms with Gasteiger partial charge in [0.2, 0.25) is 5.91 Å². The summed E-state index contributed by atoms with van der Waals surface area (Å²) < 4.78 is 0. The molecule has 1 aliphatic rings. The third kappa shape index (κ3) is 3.25. The SMILES string of the molecule is CN(C)C(=O)CCc1cccc(N2CCCC2)c1. The maximum Gasteiger partial charge on any atom is 0.222 e. The van der Waals surface area contributed by atoms with Crippen molar-refractivity contribution in [1.29, 1.82) is 0 Å². The van der Waals surface area contributed by atoms with Gasteiger partial charge in [0.1, 0.15) is 0 Å². The Morgan fingerprint density at radius 2 is 2.00 bits per heavy atom. The number of amides is 1. The van der Waals surface area contributed by atoms with E-state index in [1.165, 1.54) is 37.2 Å². The van der Waals surface area contributed by atoms with Crippen molar-refractivity contribution in [2.24, 2.45) is 0 Å². The van der Waals surface area contributed by atoms with Crippen LogP contribution in [0.2, 0.25) is 0 Å². The standard InChI is InChI=1S/C15H22N2O/c1-16(2)15(18)9-8-13-6-5-7-14(12-13)17-10-3-4-11-17/h5-7,12H,3-4,8-11H2,1-2H3. The number of hydrogen-bond acceptors (Lipinski definition) is 2. The van der Waals surface area contributed by atoms with Crippen LogP contribution < -0.4 is 4.90 Å². The number of benzene rings is 1. The monoisotopic (exact) mass is 246 g/mol. The fourth-order valence-corrected chi connectivity index (χ4v) is 2.36. The summed E-state index contributed by atoms with van der Waals surface area (Å²) >= 11 is 0. The van der Waals surface area contributed by atoms with Gasteiger partial charge < -0.3 is 9.80 Å². The van der Waals surface area contributed by atoms with E-state index in [0.717, 1.165) is 6.42 Å². The first kappa shape index (κ1) is 12.9. The number of aryl methyl sites for hydroxylation is 1. The van der Waals surface area contributed by atoms with Gasteiger partial charge in [-0.05, 0) is 37.0 Å². The maximum absolute atomic E-state index is 11.6. The molecular formula is C15H22N2O. The summed E-state index contributed by atoms with van der Waals surface area (Å²) in [5.74, 6) is 0.196. The Morgan fingerprint density at radius 3 is 2.67 bits per heavy atom. The van der Waals surface area contributed by atoms with Crippen molar-refractivity contribution < 1.29 is 4.79 Å². The Labute approximate surface area is 109 Å².